The molecule has 0 saturated heterocycles. The van der Waals surface area contributed by atoms with Gasteiger partial charge in [0.15, 0.2) is 11.6 Å². The van der Waals surface area contributed by atoms with Crippen LogP contribution in [0, 0.1) is 11.6 Å². The molecule has 0 radical (unpaired) electrons. The van der Waals surface area contributed by atoms with Gasteiger partial charge in [-0.15, -0.1) is 0 Å². The molecule has 1 aromatic heterocycles. The second-order valence-corrected chi connectivity index (χ2v) is 6.13. The van der Waals surface area contributed by atoms with Gasteiger partial charge in [-0.1, -0.05) is 0 Å². The number of nitrogens with two attached hydrogens (primary N) is 1. The molecule has 2 aromatic carbocycles. The summed E-state index contributed by atoms with van der Waals surface area (Å²) in [6.45, 7) is 0. The number of amides is 2. The zero-order valence-electron chi connectivity index (χ0n) is 15.3. The Bertz CT molecular complexity index is 1170. The maximum Gasteiger partial charge on any atom is 0.416 e. The van der Waals surface area contributed by atoms with E-state index >= 15 is 0 Å². The van der Waals surface area contributed by atoms with Gasteiger partial charge in [0.05, 0.1) is 11.1 Å². The summed E-state index contributed by atoms with van der Waals surface area (Å²) in [6.07, 6.45) is -3.59. The summed E-state index contributed by atoms with van der Waals surface area (Å²) in [5.74, 6) is -4.89. The number of halogens is 5. The SMILES string of the molecule is NC(=O)c1cc(NC(=O)c2cc(C(F)(F)F)ccc2Oc2ccc(F)c(F)c2)ccn1. The predicted octanol–water partition coefficient (Wildman–Crippen LogP) is 4.52. The molecule has 6 nitrogen and oxygen atoms in total. The van der Waals surface area contributed by atoms with Crippen LogP contribution in [0.1, 0.15) is 26.4 Å². The van der Waals surface area contributed by atoms with Gasteiger partial charge in [0, 0.05) is 18.0 Å². The lowest BCUT2D eigenvalue weighted by Gasteiger charge is -2.15. The predicted molar refractivity (Wildman–Crippen MR) is 98.6 cm³/mol. The first-order valence-electron chi connectivity index (χ1n) is 8.46. The molecule has 3 rings (SSSR count). The van der Waals surface area contributed by atoms with Crippen molar-refractivity contribution in [2.45, 2.75) is 6.18 Å². The highest BCUT2D eigenvalue weighted by molar-refractivity contribution is 6.06. The van der Waals surface area contributed by atoms with Crippen LogP contribution in [0.25, 0.3) is 0 Å². The monoisotopic (exact) mass is 437 g/mol. The van der Waals surface area contributed by atoms with Crippen LogP contribution in [0.5, 0.6) is 11.5 Å². The second-order valence-electron chi connectivity index (χ2n) is 6.13. The lowest BCUT2D eigenvalue weighted by Crippen LogP contribution is -2.17. The van der Waals surface area contributed by atoms with Gasteiger partial charge >= 0.3 is 6.18 Å². The van der Waals surface area contributed by atoms with Crippen molar-refractivity contribution in [3.05, 3.63) is 83.2 Å². The first-order valence-corrected chi connectivity index (χ1v) is 8.46. The lowest BCUT2D eigenvalue weighted by molar-refractivity contribution is -0.137. The van der Waals surface area contributed by atoms with Crippen molar-refractivity contribution < 1.29 is 36.3 Å². The first kappa shape index (κ1) is 21.7. The molecule has 0 saturated carbocycles. The van der Waals surface area contributed by atoms with E-state index in [-0.39, 0.29) is 22.9 Å². The molecule has 1 heterocycles. The fourth-order valence-electron chi connectivity index (χ4n) is 2.48. The van der Waals surface area contributed by atoms with Gasteiger partial charge in [-0.2, -0.15) is 13.2 Å². The van der Waals surface area contributed by atoms with Crippen LogP contribution in [0.15, 0.2) is 54.7 Å². The Balaban J connectivity index is 1.98. The summed E-state index contributed by atoms with van der Waals surface area (Å²) in [5.41, 5.74) is 3.28. The Labute approximate surface area is 171 Å². The minimum Gasteiger partial charge on any atom is -0.456 e. The molecule has 0 spiro atoms. The van der Waals surface area contributed by atoms with Crippen molar-refractivity contribution in [2.75, 3.05) is 5.32 Å². The molecular formula is C20H12F5N3O3. The highest BCUT2D eigenvalue weighted by atomic mass is 19.4. The maximum atomic E-state index is 13.4. The summed E-state index contributed by atoms with van der Waals surface area (Å²) in [7, 11) is 0. The molecule has 2 amide bonds. The van der Waals surface area contributed by atoms with Crippen LogP contribution in [-0.4, -0.2) is 16.8 Å². The molecule has 0 aliphatic carbocycles. The van der Waals surface area contributed by atoms with Crippen molar-refractivity contribution in [1.29, 1.82) is 0 Å². The Morgan fingerprint density at radius 1 is 0.968 bits per heavy atom. The highest BCUT2D eigenvalue weighted by Crippen LogP contribution is 2.34. The van der Waals surface area contributed by atoms with Crippen LogP contribution >= 0.6 is 0 Å². The minimum absolute atomic E-state index is 0.0324. The number of pyridine rings is 1. The Morgan fingerprint density at radius 2 is 1.71 bits per heavy atom. The number of hydrogen-bond donors (Lipinski definition) is 2. The van der Waals surface area contributed by atoms with Crippen LogP contribution in [0.3, 0.4) is 0 Å². The highest BCUT2D eigenvalue weighted by Gasteiger charge is 2.32. The molecule has 160 valence electrons. The van der Waals surface area contributed by atoms with Crippen molar-refractivity contribution >= 4 is 17.5 Å². The van der Waals surface area contributed by atoms with E-state index in [0.29, 0.717) is 18.2 Å². The van der Waals surface area contributed by atoms with Crippen molar-refractivity contribution in [2.24, 2.45) is 5.73 Å². The largest absolute Gasteiger partial charge is 0.456 e. The van der Waals surface area contributed by atoms with Gasteiger partial charge in [-0.3, -0.25) is 14.6 Å². The molecule has 3 aromatic rings. The van der Waals surface area contributed by atoms with E-state index in [1.807, 2.05) is 0 Å². The van der Waals surface area contributed by atoms with Crippen LogP contribution in [0.2, 0.25) is 0 Å². The summed E-state index contributed by atoms with van der Waals surface area (Å²) in [6, 6.07) is 6.98. The summed E-state index contributed by atoms with van der Waals surface area (Å²) in [4.78, 5) is 27.6. The number of rotatable bonds is 5. The molecule has 11 heteroatoms. The molecule has 0 bridgehead atoms. The smallest absolute Gasteiger partial charge is 0.416 e. The van der Waals surface area contributed by atoms with E-state index in [4.69, 9.17) is 10.5 Å². The summed E-state index contributed by atoms with van der Waals surface area (Å²) < 4.78 is 71.2. The Morgan fingerprint density at radius 3 is 2.35 bits per heavy atom. The number of hydrogen-bond acceptors (Lipinski definition) is 4. The first-order chi connectivity index (χ1) is 14.5. The number of nitrogens with one attached hydrogen (secondary N) is 1. The number of carbonyl (C=O) groups is 2. The van der Waals surface area contributed by atoms with Crippen LogP contribution in [-0.2, 0) is 6.18 Å². The molecule has 0 unspecified atom stereocenters. The van der Waals surface area contributed by atoms with Crippen LogP contribution in [0.4, 0.5) is 27.6 Å². The molecule has 0 atom stereocenters. The fraction of sp³-hybridized carbons (Fsp3) is 0.0500. The van der Waals surface area contributed by atoms with E-state index in [1.165, 1.54) is 12.3 Å². The van der Waals surface area contributed by atoms with E-state index in [1.54, 1.807) is 0 Å². The van der Waals surface area contributed by atoms with Crippen molar-refractivity contribution in [3.63, 3.8) is 0 Å². The van der Waals surface area contributed by atoms with Crippen molar-refractivity contribution in [1.82, 2.24) is 4.98 Å². The number of primary amides is 1. The number of carbonyl (C=O) groups excluding carboxylic acids is 2. The van der Waals surface area contributed by atoms with Gasteiger partial charge in [0.1, 0.15) is 17.2 Å². The van der Waals surface area contributed by atoms with E-state index in [2.05, 4.69) is 10.3 Å². The van der Waals surface area contributed by atoms with E-state index in [9.17, 15) is 31.5 Å². The number of nitrogens with zero attached hydrogens (tertiary/aromatic N) is 1. The molecule has 0 aliphatic heterocycles. The normalized spacial score (nSPS) is 11.1. The standard InChI is InChI=1S/C20H12F5N3O3/c21-14-3-2-12(9-15(14)22)31-17-4-1-10(20(23,24)25)7-13(17)19(30)28-11-5-6-27-16(8-11)18(26)29/h1-9H,(H2,26,29)(H,27,28,30). The number of alkyl halides is 3. The van der Waals surface area contributed by atoms with Gasteiger partial charge in [-0.25, -0.2) is 8.78 Å². The number of anilines is 1. The third-order valence-electron chi connectivity index (χ3n) is 3.94. The summed E-state index contributed by atoms with van der Waals surface area (Å²) in [5, 5.41) is 2.31. The lowest BCUT2D eigenvalue weighted by atomic mass is 10.1. The number of ether oxygens (including phenoxy) is 1. The molecule has 0 aliphatic rings. The molecule has 3 N–H and O–H groups in total. The van der Waals surface area contributed by atoms with Gasteiger partial charge in [-0.05, 0) is 42.5 Å². The fourth-order valence-corrected chi connectivity index (χ4v) is 2.48. The van der Waals surface area contributed by atoms with E-state index < -0.39 is 40.8 Å². The topological polar surface area (TPSA) is 94.3 Å². The second kappa shape index (κ2) is 8.38. The Kier molecular flexibility index (Phi) is 5.86. The molecule has 0 fully saturated rings. The number of benzene rings is 2. The quantitative estimate of drug-likeness (QED) is 0.574. The van der Waals surface area contributed by atoms with Crippen LogP contribution < -0.4 is 15.8 Å². The van der Waals surface area contributed by atoms with Gasteiger partial charge in [0.2, 0.25) is 0 Å². The maximum absolute atomic E-state index is 13.4. The number of aromatic nitrogens is 1. The van der Waals surface area contributed by atoms with E-state index in [0.717, 1.165) is 24.3 Å². The minimum atomic E-state index is -4.76. The van der Waals surface area contributed by atoms with Crippen molar-refractivity contribution in [3.8, 4) is 11.5 Å². The third-order valence-corrected chi connectivity index (χ3v) is 3.94. The average molecular weight is 437 g/mol. The zero-order valence-corrected chi connectivity index (χ0v) is 15.3. The molecular weight excluding hydrogens is 425 g/mol. The zero-order chi connectivity index (χ0) is 22.8. The molecule has 31 heavy (non-hydrogen) atoms. The average Bonchev–Trinajstić information content (AvgIpc) is 2.70. The summed E-state index contributed by atoms with van der Waals surface area (Å²) >= 11 is 0. The van der Waals surface area contributed by atoms with Gasteiger partial charge < -0.3 is 15.8 Å². The van der Waals surface area contributed by atoms with Gasteiger partial charge in [0.25, 0.3) is 11.8 Å². The Hall–Kier alpha value is -4.02. The third kappa shape index (κ3) is 5.13.